The Labute approximate surface area is 107 Å². The Morgan fingerprint density at radius 3 is 2.59 bits per heavy atom. The van der Waals surface area contributed by atoms with Crippen molar-refractivity contribution < 1.29 is 9.18 Å². The molecule has 1 aromatic rings. The van der Waals surface area contributed by atoms with Gasteiger partial charge in [-0.25, -0.2) is 4.39 Å². The molecule has 0 bridgehead atoms. The van der Waals surface area contributed by atoms with E-state index in [9.17, 15) is 9.18 Å². The third-order valence-corrected chi connectivity index (χ3v) is 2.40. The van der Waals surface area contributed by atoms with Crippen LogP contribution in [0.1, 0.15) is 29.8 Å². The molecule has 0 aliphatic rings. The van der Waals surface area contributed by atoms with Crippen LogP contribution in [0.5, 0.6) is 0 Å². The standard InChI is InChI=1S/C12H17FN2O.ClH/c1-8-5-4-6-9(10(8)13)11(16)15-12(2,3)7-14;/h4-6H,7,14H2,1-3H3,(H,15,16);1H. The Morgan fingerprint density at radius 1 is 1.47 bits per heavy atom. The Kier molecular flexibility index (Phi) is 5.58. The second-order valence-electron chi connectivity index (χ2n) is 4.48. The largest absolute Gasteiger partial charge is 0.346 e. The molecule has 0 saturated carbocycles. The zero-order valence-corrected chi connectivity index (χ0v) is 11.0. The number of benzene rings is 1. The Balaban J connectivity index is 0.00000256. The molecule has 5 heteroatoms. The monoisotopic (exact) mass is 260 g/mol. The molecule has 96 valence electrons. The zero-order chi connectivity index (χ0) is 12.3. The molecule has 0 spiro atoms. The smallest absolute Gasteiger partial charge is 0.254 e. The highest BCUT2D eigenvalue weighted by Gasteiger charge is 2.21. The van der Waals surface area contributed by atoms with Crippen LogP contribution >= 0.6 is 12.4 Å². The number of nitrogens with one attached hydrogen (secondary N) is 1. The van der Waals surface area contributed by atoms with Crippen molar-refractivity contribution in [2.75, 3.05) is 6.54 Å². The lowest BCUT2D eigenvalue weighted by atomic mass is 10.0. The van der Waals surface area contributed by atoms with Crippen LogP contribution in [0.3, 0.4) is 0 Å². The fraction of sp³-hybridized carbons (Fsp3) is 0.417. The molecule has 0 aliphatic heterocycles. The van der Waals surface area contributed by atoms with Crippen molar-refractivity contribution >= 4 is 18.3 Å². The van der Waals surface area contributed by atoms with Crippen molar-refractivity contribution in [3.05, 3.63) is 35.1 Å². The van der Waals surface area contributed by atoms with Gasteiger partial charge in [-0.1, -0.05) is 12.1 Å². The molecule has 17 heavy (non-hydrogen) atoms. The minimum absolute atomic E-state index is 0. The molecule has 3 N–H and O–H groups in total. The maximum Gasteiger partial charge on any atom is 0.254 e. The van der Waals surface area contributed by atoms with E-state index in [2.05, 4.69) is 5.32 Å². The fourth-order valence-electron chi connectivity index (χ4n) is 1.25. The van der Waals surface area contributed by atoms with E-state index in [1.165, 1.54) is 6.07 Å². The van der Waals surface area contributed by atoms with Crippen molar-refractivity contribution in [1.29, 1.82) is 0 Å². The highest BCUT2D eigenvalue weighted by molar-refractivity contribution is 5.95. The highest BCUT2D eigenvalue weighted by atomic mass is 35.5. The van der Waals surface area contributed by atoms with Crippen molar-refractivity contribution in [1.82, 2.24) is 5.32 Å². The van der Waals surface area contributed by atoms with Crippen LogP contribution < -0.4 is 11.1 Å². The predicted octanol–water partition coefficient (Wildman–Crippen LogP) is 2.02. The van der Waals surface area contributed by atoms with Crippen LogP contribution in [-0.2, 0) is 0 Å². The zero-order valence-electron chi connectivity index (χ0n) is 10.2. The number of nitrogens with two attached hydrogens (primary N) is 1. The van der Waals surface area contributed by atoms with Gasteiger partial charge in [-0.05, 0) is 32.4 Å². The van der Waals surface area contributed by atoms with Crippen molar-refractivity contribution in [3.63, 3.8) is 0 Å². The molecule has 1 amide bonds. The summed E-state index contributed by atoms with van der Waals surface area (Å²) < 4.78 is 13.6. The molecule has 0 fully saturated rings. The second-order valence-corrected chi connectivity index (χ2v) is 4.48. The summed E-state index contributed by atoms with van der Waals surface area (Å²) in [4.78, 5) is 11.8. The van der Waals surface area contributed by atoms with E-state index in [-0.39, 0.29) is 18.0 Å². The molecule has 1 aromatic carbocycles. The van der Waals surface area contributed by atoms with Crippen LogP contribution in [0.4, 0.5) is 4.39 Å². The molecule has 0 aliphatic carbocycles. The first kappa shape index (κ1) is 15.9. The fourth-order valence-corrected chi connectivity index (χ4v) is 1.25. The Bertz CT molecular complexity index is 407. The van der Waals surface area contributed by atoms with Crippen molar-refractivity contribution in [2.24, 2.45) is 5.73 Å². The van der Waals surface area contributed by atoms with E-state index in [1.807, 2.05) is 0 Å². The predicted molar refractivity (Wildman–Crippen MR) is 69.0 cm³/mol. The summed E-state index contributed by atoms with van der Waals surface area (Å²) in [5, 5.41) is 2.69. The van der Waals surface area contributed by atoms with Gasteiger partial charge in [0.25, 0.3) is 5.91 Å². The number of halogens is 2. The maximum absolute atomic E-state index is 13.6. The number of carbonyl (C=O) groups excluding carboxylic acids is 1. The van der Waals surface area contributed by atoms with E-state index in [4.69, 9.17) is 5.73 Å². The summed E-state index contributed by atoms with van der Waals surface area (Å²) in [6, 6.07) is 4.74. The summed E-state index contributed by atoms with van der Waals surface area (Å²) in [5.74, 6) is -0.913. The van der Waals surface area contributed by atoms with E-state index >= 15 is 0 Å². The number of aryl methyl sites for hydroxylation is 1. The average molecular weight is 261 g/mol. The number of hydrogen-bond donors (Lipinski definition) is 2. The lowest BCUT2D eigenvalue weighted by Crippen LogP contribution is -2.49. The number of hydrogen-bond acceptors (Lipinski definition) is 2. The van der Waals surface area contributed by atoms with Crippen LogP contribution in [0, 0.1) is 12.7 Å². The molecule has 0 saturated heterocycles. The summed E-state index contributed by atoms with van der Waals surface area (Å²) in [6.45, 7) is 5.50. The number of rotatable bonds is 3. The van der Waals surface area contributed by atoms with Gasteiger partial charge in [-0.3, -0.25) is 4.79 Å². The lowest BCUT2D eigenvalue weighted by Gasteiger charge is -2.24. The van der Waals surface area contributed by atoms with Gasteiger partial charge in [0.2, 0.25) is 0 Å². The van der Waals surface area contributed by atoms with Gasteiger partial charge in [0.1, 0.15) is 5.82 Å². The summed E-state index contributed by atoms with van der Waals surface area (Å²) in [6.07, 6.45) is 0. The quantitative estimate of drug-likeness (QED) is 0.874. The molecule has 0 unspecified atom stereocenters. The van der Waals surface area contributed by atoms with Crippen molar-refractivity contribution in [2.45, 2.75) is 26.3 Å². The SMILES string of the molecule is Cc1cccc(C(=O)NC(C)(C)CN)c1F.Cl. The van der Waals surface area contributed by atoms with E-state index < -0.39 is 17.3 Å². The van der Waals surface area contributed by atoms with Gasteiger partial charge in [0.15, 0.2) is 0 Å². The first-order valence-electron chi connectivity index (χ1n) is 5.15. The molecule has 1 rings (SSSR count). The van der Waals surface area contributed by atoms with E-state index in [1.54, 1.807) is 32.9 Å². The van der Waals surface area contributed by atoms with Gasteiger partial charge < -0.3 is 11.1 Å². The maximum atomic E-state index is 13.6. The summed E-state index contributed by atoms with van der Waals surface area (Å²) in [7, 11) is 0. The van der Waals surface area contributed by atoms with Crippen LogP contribution in [-0.4, -0.2) is 18.0 Å². The normalized spacial score (nSPS) is 10.6. The summed E-state index contributed by atoms with van der Waals surface area (Å²) >= 11 is 0. The third-order valence-electron chi connectivity index (χ3n) is 2.40. The number of amides is 1. The molecule has 0 radical (unpaired) electrons. The third kappa shape index (κ3) is 3.98. The second kappa shape index (κ2) is 5.98. The Hall–Kier alpha value is -1.13. The van der Waals surface area contributed by atoms with Gasteiger partial charge in [-0.15, -0.1) is 12.4 Å². The lowest BCUT2D eigenvalue weighted by molar-refractivity contribution is 0.0911. The molecule has 0 heterocycles. The molecule has 0 atom stereocenters. The van der Waals surface area contributed by atoms with Crippen LogP contribution in [0.15, 0.2) is 18.2 Å². The van der Waals surface area contributed by atoms with E-state index in [0.29, 0.717) is 12.1 Å². The Morgan fingerprint density at radius 2 is 2.06 bits per heavy atom. The van der Waals surface area contributed by atoms with E-state index in [0.717, 1.165) is 0 Å². The van der Waals surface area contributed by atoms with Gasteiger partial charge >= 0.3 is 0 Å². The molecule has 3 nitrogen and oxygen atoms in total. The van der Waals surface area contributed by atoms with Gasteiger partial charge in [0.05, 0.1) is 5.56 Å². The molecular weight excluding hydrogens is 243 g/mol. The summed E-state index contributed by atoms with van der Waals surface area (Å²) in [5.41, 5.74) is 5.47. The minimum atomic E-state index is -0.534. The first-order valence-corrected chi connectivity index (χ1v) is 5.15. The molecule has 0 aromatic heterocycles. The van der Waals surface area contributed by atoms with Gasteiger partial charge in [-0.2, -0.15) is 0 Å². The van der Waals surface area contributed by atoms with Crippen LogP contribution in [0.25, 0.3) is 0 Å². The van der Waals surface area contributed by atoms with Gasteiger partial charge in [0, 0.05) is 12.1 Å². The van der Waals surface area contributed by atoms with Crippen LogP contribution in [0.2, 0.25) is 0 Å². The molecular formula is C12H18ClFN2O. The first-order chi connectivity index (χ1) is 7.37. The van der Waals surface area contributed by atoms with Crippen molar-refractivity contribution in [3.8, 4) is 0 Å². The average Bonchev–Trinajstić information content (AvgIpc) is 2.21. The highest BCUT2D eigenvalue weighted by Crippen LogP contribution is 2.13. The number of carbonyl (C=O) groups is 1. The topological polar surface area (TPSA) is 55.1 Å². The minimum Gasteiger partial charge on any atom is -0.346 e.